The van der Waals surface area contributed by atoms with Crippen molar-refractivity contribution in [3.8, 4) is 5.75 Å². The molecule has 1 aliphatic carbocycles. The lowest BCUT2D eigenvalue weighted by atomic mass is 9.90. The molecule has 1 aromatic carbocycles. The molecule has 0 spiro atoms. The van der Waals surface area contributed by atoms with E-state index in [0.29, 0.717) is 5.92 Å². The topological polar surface area (TPSA) is 58.2 Å². The van der Waals surface area contributed by atoms with E-state index in [9.17, 15) is 4.79 Å². The first-order valence-corrected chi connectivity index (χ1v) is 8.67. The number of methoxy groups -OCH3 is 1. The summed E-state index contributed by atoms with van der Waals surface area (Å²) in [6.07, 6.45) is 5.76. The van der Waals surface area contributed by atoms with E-state index in [1.54, 1.807) is 13.3 Å². The van der Waals surface area contributed by atoms with E-state index in [4.69, 9.17) is 4.74 Å². The number of carbonyl (C=O) groups excluding carboxylic acids is 1. The molecule has 24 heavy (non-hydrogen) atoms. The molecule has 5 nitrogen and oxygen atoms in total. The number of amides is 1. The molecule has 1 aliphatic heterocycles. The highest BCUT2D eigenvalue weighted by atomic mass is 16.5. The van der Waals surface area contributed by atoms with Crippen LogP contribution in [0.1, 0.15) is 42.9 Å². The van der Waals surface area contributed by atoms with Crippen LogP contribution in [0.15, 0.2) is 36.5 Å². The minimum Gasteiger partial charge on any atom is -0.496 e. The third-order valence-corrected chi connectivity index (χ3v) is 5.45. The molecule has 1 atom stereocenters. The minimum atomic E-state index is -0.373. The summed E-state index contributed by atoms with van der Waals surface area (Å²) in [5.74, 6) is 1.44. The summed E-state index contributed by atoms with van der Waals surface area (Å²) < 4.78 is 5.51. The third kappa shape index (κ3) is 2.48. The Morgan fingerprint density at radius 2 is 2.17 bits per heavy atom. The lowest BCUT2D eigenvalue weighted by Gasteiger charge is -2.35. The number of aromatic amines is 1. The van der Waals surface area contributed by atoms with Crippen molar-refractivity contribution in [3.63, 3.8) is 0 Å². The third-order valence-electron chi connectivity index (χ3n) is 5.45. The second kappa shape index (κ2) is 5.96. The van der Waals surface area contributed by atoms with Gasteiger partial charge in [0.25, 0.3) is 0 Å². The zero-order chi connectivity index (χ0) is 16.6. The Hall–Kier alpha value is -2.30. The van der Waals surface area contributed by atoms with Gasteiger partial charge in [0.1, 0.15) is 5.75 Å². The molecular formula is C19H23N3O2. The molecule has 1 N–H and O–H groups in total. The average molecular weight is 325 g/mol. The summed E-state index contributed by atoms with van der Waals surface area (Å²) in [5.41, 5.74) is 1.80. The SMILES string of the molecule is COc1ccccc1C1(C(=O)N2CCC[C@H](c3ccn[nH]3)C2)CC1. The molecule has 0 unspecified atom stereocenters. The monoisotopic (exact) mass is 325 g/mol. The summed E-state index contributed by atoms with van der Waals surface area (Å²) in [4.78, 5) is 15.4. The average Bonchev–Trinajstić information content (AvgIpc) is 3.26. The van der Waals surface area contributed by atoms with Gasteiger partial charge in [-0.15, -0.1) is 0 Å². The molecule has 0 radical (unpaired) electrons. The van der Waals surface area contributed by atoms with Crippen LogP contribution in [0.5, 0.6) is 5.75 Å². The first-order valence-electron chi connectivity index (χ1n) is 8.67. The summed E-state index contributed by atoms with van der Waals surface area (Å²) in [6.45, 7) is 1.62. The van der Waals surface area contributed by atoms with E-state index < -0.39 is 0 Å². The summed E-state index contributed by atoms with van der Waals surface area (Å²) >= 11 is 0. The maximum Gasteiger partial charge on any atom is 0.233 e. The van der Waals surface area contributed by atoms with Crippen LogP contribution in [0.2, 0.25) is 0 Å². The second-order valence-electron chi connectivity index (χ2n) is 6.88. The van der Waals surface area contributed by atoms with Crippen molar-refractivity contribution in [1.82, 2.24) is 15.1 Å². The molecule has 2 heterocycles. The number of hydrogen-bond acceptors (Lipinski definition) is 3. The Labute approximate surface area is 142 Å². The van der Waals surface area contributed by atoms with Gasteiger partial charge < -0.3 is 9.64 Å². The van der Waals surface area contributed by atoms with Crippen LogP contribution < -0.4 is 4.74 Å². The number of para-hydroxylation sites is 1. The van der Waals surface area contributed by atoms with Crippen LogP contribution in [-0.4, -0.2) is 41.2 Å². The van der Waals surface area contributed by atoms with E-state index in [2.05, 4.69) is 15.1 Å². The fourth-order valence-electron chi connectivity index (χ4n) is 3.98. The summed E-state index contributed by atoms with van der Waals surface area (Å²) in [6, 6.07) is 9.96. The molecule has 0 bridgehead atoms. The highest BCUT2D eigenvalue weighted by molar-refractivity contribution is 5.92. The van der Waals surface area contributed by atoms with Crippen molar-refractivity contribution < 1.29 is 9.53 Å². The van der Waals surface area contributed by atoms with Crippen LogP contribution >= 0.6 is 0 Å². The lowest BCUT2D eigenvalue weighted by Crippen LogP contribution is -2.44. The van der Waals surface area contributed by atoms with Crippen molar-refractivity contribution in [3.05, 3.63) is 47.8 Å². The van der Waals surface area contributed by atoms with Crippen molar-refractivity contribution >= 4 is 5.91 Å². The Balaban J connectivity index is 1.57. The van der Waals surface area contributed by atoms with Gasteiger partial charge in [0.05, 0.1) is 12.5 Å². The smallest absolute Gasteiger partial charge is 0.233 e. The van der Waals surface area contributed by atoms with Gasteiger partial charge in [0.2, 0.25) is 5.91 Å². The van der Waals surface area contributed by atoms with Gasteiger partial charge in [0.15, 0.2) is 0 Å². The first kappa shape index (κ1) is 15.2. The highest BCUT2D eigenvalue weighted by Gasteiger charge is 2.54. The van der Waals surface area contributed by atoms with Crippen LogP contribution in [0, 0.1) is 0 Å². The number of ether oxygens (including phenoxy) is 1. The fourth-order valence-corrected chi connectivity index (χ4v) is 3.98. The number of carbonyl (C=O) groups is 1. The fraction of sp³-hybridized carbons (Fsp3) is 0.474. The predicted molar refractivity (Wildman–Crippen MR) is 91.0 cm³/mol. The van der Waals surface area contributed by atoms with Crippen LogP contribution in [-0.2, 0) is 10.2 Å². The van der Waals surface area contributed by atoms with Gasteiger partial charge in [-0.25, -0.2) is 0 Å². The molecule has 5 heteroatoms. The van der Waals surface area contributed by atoms with Crippen molar-refractivity contribution in [2.75, 3.05) is 20.2 Å². The number of benzene rings is 1. The first-order chi connectivity index (χ1) is 11.7. The van der Waals surface area contributed by atoms with Crippen LogP contribution in [0.3, 0.4) is 0 Å². The van der Waals surface area contributed by atoms with Crippen molar-refractivity contribution in [2.45, 2.75) is 37.0 Å². The quantitative estimate of drug-likeness (QED) is 0.940. The lowest BCUT2D eigenvalue weighted by molar-refractivity contribution is -0.135. The number of aromatic nitrogens is 2. The second-order valence-corrected chi connectivity index (χ2v) is 6.88. The van der Waals surface area contributed by atoms with E-state index in [0.717, 1.165) is 55.8 Å². The van der Waals surface area contributed by atoms with Gasteiger partial charge in [-0.05, 0) is 37.8 Å². The van der Waals surface area contributed by atoms with E-state index in [1.807, 2.05) is 30.3 Å². The zero-order valence-electron chi connectivity index (χ0n) is 14.0. The van der Waals surface area contributed by atoms with Gasteiger partial charge in [-0.2, -0.15) is 5.10 Å². The Morgan fingerprint density at radius 1 is 1.33 bits per heavy atom. The Kier molecular flexibility index (Phi) is 3.79. The maximum absolute atomic E-state index is 13.3. The minimum absolute atomic E-state index is 0.260. The zero-order valence-corrected chi connectivity index (χ0v) is 14.0. The van der Waals surface area contributed by atoms with Crippen LogP contribution in [0.4, 0.5) is 0 Å². The largest absolute Gasteiger partial charge is 0.496 e. The molecular weight excluding hydrogens is 302 g/mol. The molecule has 4 rings (SSSR count). The molecule has 1 saturated carbocycles. The van der Waals surface area contributed by atoms with E-state index in [1.165, 1.54) is 0 Å². The van der Waals surface area contributed by atoms with Crippen molar-refractivity contribution in [2.24, 2.45) is 0 Å². The van der Waals surface area contributed by atoms with Gasteiger partial charge in [0, 0.05) is 36.5 Å². The number of nitrogens with zero attached hydrogens (tertiary/aromatic N) is 2. The maximum atomic E-state index is 13.3. The summed E-state index contributed by atoms with van der Waals surface area (Å²) in [7, 11) is 1.68. The predicted octanol–water partition coefficient (Wildman–Crippen LogP) is 2.86. The number of rotatable bonds is 4. The highest BCUT2D eigenvalue weighted by Crippen LogP contribution is 2.53. The molecule has 2 aromatic rings. The van der Waals surface area contributed by atoms with E-state index >= 15 is 0 Å². The van der Waals surface area contributed by atoms with Gasteiger partial charge >= 0.3 is 0 Å². The van der Waals surface area contributed by atoms with Crippen molar-refractivity contribution in [1.29, 1.82) is 0 Å². The standard InChI is InChI=1S/C19H23N3O2/c1-24-17-7-3-2-6-15(17)19(9-10-19)18(23)22-12-4-5-14(13-22)16-8-11-20-21-16/h2-3,6-8,11,14H,4-5,9-10,12-13H2,1H3,(H,20,21)/t14-/m0/s1. The number of likely N-dealkylation sites (tertiary alicyclic amines) is 1. The molecule has 2 fully saturated rings. The molecule has 126 valence electrons. The molecule has 2 aliphatic rings. The Morgan fingerprint density at radius 3 is 2.88 bits per heavy atom. The van der Waals surface area contributed by atoms with E-state index in [-0.39, 0.29) is 11.3 Å². The Bertz CT molecular complexity index is 722. The van der Waals surface area contributed by atoms with Gasteiger partial charge in [-0.3, -0.25) is 9.89 Å². The molecule has 1 aromatic heterocycles. The van der Waals surface area contributed by atoms with Gasteiger partial charge in [-0.1, -0.05) is 18.2 Å². The number of H-pyrrole nitrogens is 1. The molecule has 1 saturated heterocycles. The number of hydrogen-bond donors (Lipinski definition) is 1. The number of nitrogens with one attached hydrogen (secondary N) is 1. The summed E-state index contributed by atoms with van der Waals surface area (Å²) in [5, 5.41) is 7.12. The number of piperidine rings is 1. The van der Waals surface area contributed by atoms with Crippen LogP contribution in [0.25, 0.3) is 0 Å². The normalized spacial score (nSPS) is 22.2. The molecule has 1 amide bonds.